The van der Waals surface area contributed by atoms with E-state index >= 15 is 0 Å². The summed E-state index contributed by atoms with van der Waals surface area (Å²) in [5.74, 6) is 0.720. The zero-order valence-electron chi connectivity index (χ0n) is 7.97. The average Bonchev–Trinajstić information content (AvgIpc) is 2.64. The molecule has 0 bridgehead atoms. The Kier molecular flexibility index (Phi) is 2.10. The number of nitrogens with one attached hydrogen (secondary N) is 1. The van der Waals surface area contributed by atoms with Crippen LogP contribution in [0.5, 0.6) is 0 Å². The number of anilines is 1. The van der Waals surface area contributed by atoms with Crippen molar-refractivity contribution < 1.29 is 0 Å². The van der Waals surface area contributed by atoms with Crippen molar-refractivity contribution in [3.63, 3.8) is 0 Å². The SMILES string of the molecule is CNc1nccnc1-c1cnnn1C. The molecular weight excluding hydrogens is 180 g/mol. The van der Waals surface area contributed by atoms with Gasteiger partial charge in [-0.2, -0.15) is 0 Å². The molecule has 0 aromatic carbocycles. The van der Waals surface area contributed by atoms with Crippen LogP contribution in [0.3, 0.4) is 0 Å². The van der Waals surface area contributed by atoms with Crippen LogP contribution in [-0.4, -0.2) is 32.0 Å². The Hall–Kier alpha value is -1.98. The minimum absolute atomic E-state index is 0.720. The first-order valence-corrected chi connectivity index (χ1v) is 4.16. The molecule has 0 amide bonds. The number of hydrogen-bond acceptors (Lipinski definition) is 5. The number of hydrogen-bond donors (Lipinski definition) is 1. The van der Waals surface area contributed by atoms with Crippen LogP contribution >= 0.6 is 0 Å². The Balaban J connectivity index is 2.56. The molecule has 6 nitrogen and oxygen atoms in total. The van der Waals surface area contributed by atoms with Crippen molar-refractivity contribution in [2.75, 3.05) is 12.4 Å². The Labute approximate surface area is 81.0 Å². The molecule has 0 fully saturated rings. The Bertz CT molecular complexity index is 435. The van der Waals surface area contributed by atoms with E-state index in [9.17, 15) is 0 Å². The summed E-state index contributed by atoms with van der Waals surface area (Å²) in [5, 5.41) is 10.6. The van der Waals surface area contributed by atoms with E-state index in [2.05, 4.69) is 25.6 Å². The first-order chi connectivity index (χ1) is 6.83. The van der Waals surface area contributed by atoms with Crippen molar-refractivity contribution in [1.29, 1.82) is 0 Å². The van der Waals surface area contributed by atoms with Crippen LogP contribution in [0.2, 0.25) is 0 Å². The van der Waals surface area contributed by atoms with E-state index in [1.54, 1.807) is 30.3 Å². The van der Waals surface area contributed by atoms with Gasteiger partial charge in [-0.1, -0.05) is 5.21 Å². The summed E-state index contributed by atoms with van der Waals surface area (Å²) >= 11 is 0. The van der Waals surface area contributed by atoms with Crippen molar-refractivity contribution >= 4 is 5.82 Å². The lowest BCUT2D eigenvalue weighted by Crippen LogP contribution is -2.01. The maximum atomic E-state index is 4.23. The maximum Gasteiger partial charge on any atom is 0.153 e. The van der Waals surface area contributed by atoms with Gasteiger partial charge in [-0.05, 0) is 0 Å². The predicted molar refractivity (Wildman–Crippen MR) is 51.6 cm³/mol. The first kappa shape index (κ1) is 8.61. The largest absolute Gasteiger partial charge is 0.371 e. The van der Waals surface area contributed by atoms with Gasteiger partial charge >= 0.3 is 0 Å². The number of nitrogens with zero attached hydrogens (tertiary/aromatic N) is 5. The third kappa shape index (κ3) is 1.30. The van der Waals surface area contributed by atoms with Crippen molar-refractivity contribution in [3.8, 4) is 11.4 Å². The fraction of sp³-hybridized carbons (Fsp3) is 0.250. The lowest BCUT2D eigenvalue weighted by molar-refractivity contribution is 0.719. The minimum atomic E-state index is 0.720. The van der Waals surface area contributed by atoms with Crippen LogP contribution in [0.25, 0.3) is 11.4 Å². The predicted octanol–water partition coefficient (Wildman–Crippen LogP) is 0.314. The molecular formula is C8H10N6. The Morgan fingerprint density at radius 1 is 1.29 bits per heavy atom. The first-order valence-electron chi connectivity index (χ1n) is 4.16. The molecule has 14 heavy (non-hydrogen) atoms. The summed E-state index contributed by atoms with van der Waals surface area (Å²) in [6.45, 7) is 0. The minimum Gasteiger partial charge on any atom is -0.371 e. The van der Waals surface area contributed by atoms with Crippen LogP contribution < -0.4 is 5.32 Å². The molecule has 0 radical (unpaired) electrons. The van der Waals surface area contributed by atoms with Crippen LogP contribution in [0.1, 0.15) is 0 Å². The summed E-state index contributed by atoms with van der Waals surface area (Å²) in [7, 11) is 3.62. The number of aryl methyl sites for hydroxylation is 1. The second-order valence-corrected chi connectivity index (χ2v) is 2.75. The second kappa shape index (κ2) is 3.41. The summed E-state index contributed by atoms with van der Waals surface area (Å²) in [6, 6.07) is 0. The number of aromatic nitrogens is 5. The van der Waals surface area contributed by atoms with Gasteiger partial charge in [0.05, 0.1) is 6.20 Å². The molecule has 2 aromatic rings. The molecule has 2 heterocycles. The zero-order chi connectivity index (χ0) is 9.97. The van der Waals surface area contributed by atoms with Crippen molar-refractivity contribution in [3.05, 3.63) is 18.6 Å². The smallest absolute Gasteiger partial charge is 0.153 e. The van der Waals surface area contributed by atoms with Gasteiger partial charge in [0.1, 0.15) is 11.4 Å². The van der Waals surface area contributed by atoms with E-state index in [-0.39, 0.29) is 0 Å². The van der Waals surface area contributed by atoms with Gasteiger partial charge in [0, 0.05) is 26.5 Å². The quantitative estimate of drug-likeness (QED) is 0.738. The molecule has 0 aliphatic rings. The van der Waals surface area contributed by atoms with E-state index in [1.807, 2.05) is 7.05 Å². The van der Waals surface area contributed by atoms with Crippen molar-refractivity contribution in [2.45, 2.75) is 0 Å². The molecule has 0 aliphatic heterocycles. The molecule has 6 heteroatoms. The molecule has 0 aliphatic carbocycles. The van der Waals surface area contributed by atoms with Gasteiger partial charge in [0.2, 0.25) is 0 Å². The lowest BCUT2D eigenvalue weighted by Gasteiger charge is -2.04. The van der Waals surface area contributed by atoms with Crippen LogP contribution in [0, 0.1) is 0 Å². The lowest BCUT2D eigenvalue weighted by atomic mass is 10.3. The molecule has 1 N–H and O–H groups in total. The molecule has 72 valence electrons. The van der Waals surface area contributed by atoms with E-state index < -0.39 is 0 Å². The Morgan fingerprint density at radius 3 is 2.71 bits per heavy atom. The van der Waals surface area contributed by atoms with Crippen LogP contribution in [-0.2, 0) is 7.05 Å². The second-order valence-electron chi connectivity index (χ2n) is 2.75. The van der Waals surface area contributed by atoms with Gasteiger partial charge in [0.15, 0.2) is 5.82 Å². The molecule has 0 saturated heterocycles. The molecule has 0 unspecified atom stereocenters. The third-order valence-electron chi connectivity index (χ3n) is 1.89. The van der Waals surface area contributed by atoms with Gasteiger partial charge in [0.25, 0.3) is 0 Å². The highest BCUT2D eigenvalue weighted by molar-refractivity contribution is 5.67. The monoisotopic (exact) mass is 190 g/mol. The topological polar surface area (TPSA) is 68.5 Å². The summed E-state index contributed by atoms with van der Waals surface area (Å²) in [5.41, 5.74) is 1.59. The molecule has 0 spiro atoms. The van der Waals surface area contributed by atoms with E-state index in [1.165, 1.54) is 0 Å². The highest BCUT2D eigenvalue weighted by atomic mass is 15.4. The third-order valence-corrected chi connectivity index (χ3v) is 1.89. The fourth-order valence-corrected chi connectivity index (χ4v) is 1.21. The van der Waals surface area contributed by atoms with Crippen LogP contribution in [0.4, 0.5) is 5.82 Å². The highest BCUT2D eigenvalue weighted by Crippen LogP contribution is 2.20. The zero-order valence-corrected chi connectivity index (χ0v) is 7.97. The highest BCUT2D eigenvalue weighted by Gasteiger charge is 2.10. The molecule has 0 saturated carbocycles. The maximum absolute atomic E-state index is 4.23. The normalized spacial score (nSPS) is 10.1. The van der Waals surface area contributed by atoms with Crippen molar-refractivity contribution in [1.82, 2.24) is 25.0 Å². The molecule has 2 aromatic heterocycles. The summed E-state index contributed by atoms with van der Waals surface area (Å²) in [4.78, 5) is 8.38. The average molecular weight is 190 g/mol. The van der Waals surface area contributed by atoms with Gasteiger partial charge in [-0.15, -0.1) is 5.10 Å². The Morgan fingerprint density at radius 2 is 2.07 bits per heavy atom. The van der Waals surface area contributed by atoms with Gasteiger partial charge in [-0.25, -0.2) is 14.6 Å². The molecule has 2 rings (SSSR count). The standard InChI is InChI=1S/C8H10N6/c1-9-8-7(10-3-4-11-8)6-5-12-13-14(6)2/h3-5H,1-2H3,(H,9,11). The van der Waals surface area contributed by atoms with Crippen LogP contribution in [0.15, 0.2) is 18.6 Å². The summed E-state index contributed by atoms with van der Waals surface area (Å²) in [6.07, 6.45) is 4.94. The summed E-state index contributed by atoms with van der Waals surface area (Å²) < 4.78 is 1.66. The van der Waals surface area contributed by atoms with Gasteiger partial charge < -0.3 is 5.32 Å². The van der Waals surface area contributed by atoms with Crippen molar-refractivity contribution in [2.24, 2.45) is 7.05 Å². The number of rotatable bonds is 2. The van der Waals surface area contributed by atoms with Gasteiger partial charge in [-0.3, -0.25) is 0 Å². The van der Waals surface area contributed by atoms with E-state index in [4.69, 9.17) is 0 Å². The van der Waals surface area contributed by atoms with E-state index in [0.29, 0.717) is 0 Å². The fourth-order valence-electron chi connectivity index (χ4n) is 1.21. The van der Waals surface area contributed by atoms with E-state index in [0.717, 1.165) is 17.2 Å². The molecule has 0 atom stereocenters.